The van der Waals surface area contributed by atoms with Crippen LogP contribution in [-0.2, 0) is 0 Å². The van der Waals surface area contributed by atoms with Crippen LogP contribution < -0.4 is 10.6 Å². The minimum Gasteiger partial charge on any atom is -0.340 e. The topological polar surface area (TPSA) is 66.9 Å². The van der Waals surface area contributed by atoms with Crippen LogP contribution in [0.4, 0.5) is 17.2 Å². The summed E-state index contributed by atoms with van der Waals surface area (Å²) in [7, 11) is 0. The van der Waals surface area contributed by atoms with Crippen molar-refractivity contribution in [3.05, 3.63) is 76.7 Å². The smallest absolute Gasteiger partial charge is 0.274 e. The predicted octanol–water partition coefficient (Wildman–Crippen LogP) is 4.74. The van der Waals surface area contributed by atoms with E-state index in [1.807, 2.05) is 44.2 Å². The fourth-order valence-corrected chi connectivity index (χ4v) is 2.55. The Morgan fingerprint density at radius 2 is 1.68 bits per heavy atom. The van der Waals surface area contributed by atoms with Gasteiger partial charge in [0.15, 0.2) is 0 Å². The van der Waals surface area contributed by atoms with Gasteiger partial charge in [-0.05, 0) is 49.2 Å². The number of aryl methyl sites for hydroxylation is 2. The summed E-state index contributed by atoms with van der Waals surface area (Å²) in [5.41, 5.74) is 3.92. The summed E-state index contributed by atoms with van der Waals surface area (Å²) in [4.78, 5) is 20.7. The second-order valence-corrected chi connectivity index (χ2v) is 6.08. The maximum absolute atomic E-state index is 12.5. The highest BCUT2D eigenvalue weighted by Gasteiger charge is 2.12. The maximum Gasteiger partial charge on any atom is 0.274 e. The Morgan fingerprint density at radius 3 is 2.36 bits per heavy atom. The van der Waals surface area contributed by atoms with Crippen molar-refractivity contribution >= 4 is 34.7 Å². The summed E-state index contributed by atoms with van der Waals surface area (Å²) >= 11 is 5.88. The molecule has 3 aromatic rings. The number of carbonyl (C=O) groups excluding carboxylic acids is 1. The van der Waals surface area contributed by atoms with Crippen molar-refractivity contribution in [2.24, 2.45) is 0 Å². The highest BCUT2D eigenvalue weighted by Crippen LogP contribution is 2.21. The molecule has 3 rings (SSSR count). The van der Waals surface area contributed by atoms with Gasteiger partial charge in [0.05, 0.1) is 0 Å². The molecule has 0 unspecified atom stereocenters. The number of anilines is 3. The Hall–Kier alpha value is -2.92. The monoisotopic (exact) mass is 352 g/mol. The predicted molar refractivity (Wildman–Crippen MR) is 101 cm³/mol. The molecule has 1 amide bonds. The van der Waals surface area contributed by atoms with Gasteiger partial charge in [-0.1, -0.05) is 29.8 Å². The van der Waals surface area contributed by atoms with Crippen molar-refractivity contribution in [3.8, 4) is 0 Å². The molecule has 5 nitrogen and oxygen atoms in total. The molecule has 1 aromatic heterocycles. The fourth-order valence-electron chi connectivity index (χ4n) is 2.42. The molecule has 25 heavy (non-hydrogen) atoms. The normalized spacial score (nSPS) is 10.4. The second-order valence-electron chi connectivity index (χ2n) is 5.64. The van der Waals surface area contributed by atoms with Gasteiger partial charge in [-0.25, -0.2) is 9.97 Å². The zero-order valence-electron chi connectivity index (χ0n) is 13.9. The highest BCUT2D eigenvalue weighted by atomic mass is 35.5. The van der Waals surface area contributed by atoms with Gasteiger partial charge in [0, 0.05) is 22.5 Å². The van der Waals surface area contributed by atoms with Crippen LogP contribution in [0.3, 0.4) is 0 Å². The number of hydrogen-bond acceptors (Lipinski definition) is 4. The minimum atomic E-state index is -0.279. The third-order valence-corrected chi connectivity index (χ3v) is 3.99. The van der Waals surface area contributed by atoms with Crippen molar-refractivity contribution in [2.75, 3.05) is 10.6 Å². The first-order chi connectivity index (χ1) is 12.0. The third-order valence-electron chi connectivity index (χ3n) is 3.74. The van der Waals surface area contributed by atoms with Gasteiger partial charge >= 0.3 is 0 Å². The van der Waals surface area contributed by atoms with Gasteiger partial charge in [-0.2, -0.15) is 0 Å². The summed E-state index contributed by atoms with van der Waals surface area (Å²) in [6, 6.07) is 14.7. The standard InChI is InChI=1S/C19H17ClN4O/c1-12-4-3-5-13(2)18(12)24-19(25)16-10-17(22-11-21-16)23-15-8-6-14(20)7-9-15/h3-11H,1-2H3,(H,24,25)(H,21,22,23). The van der Waals surface area contributed by atoms with Crippen LogP contribution in [0.1, 0.15) is 21.6 Å². The lowest BCUT2D eigenvalue weighted by Gasteiger charge is -2.11. The van der Waals surface area contributed by atoms with E-state index in [-0.39, 0.29) is 11.6 Å². The van der Waals surface area contributed by atoms with E-state index in [0.29, 0.717) is 10.8 Å². The average Bonchev–Trinajstić information content (AvgIpc) is 2.60. The van der Waals surface area contributed by atoms with Crippen molar-refractivity contribution in [3.63, 3.8) is 0 Å². The number of nitrogens with zero attached hydrogens (tertiary/aromatic N) is 2. The molecule has 0 aliphatic carbocycles. The van der Waals surface area contributed by atoms with Crippen LogP contribution in [0.15, 0.2) is 54.9 Å². The molecule has 0 atom stereocenters. The van der Waals surface area contributed by atoms with Crippen molar-refractivity contribution in [2.45, 2.75) is 13.8 Å². The number of aromatic nitrogens is 2. The average molecular weight is 353 g/mol. The Balaban J connectivity index is 1.78. The molecular weight excluding hydrogens is 336 g/mol. The molecule has 0 aliphatic rings. The van der Waals surface area contributed by atoms with E-state index in [9.17, 15) is 4.79 Å². The lowest BCUT2D eigenvalue weighted by atomic mass is 10.1. The van der Waals surface area contributed by atoms with Crippen LogP contribution in [-0.4, -0.2) is 15.9 Å². The highest BCUT2D eigenvalue weighted by molar-refractivity contribution is 6.30. The molecule has 1 heterocycles. The molecule has 6 heteroatoms. The fraction of sp³-hybridized carbons (Fsp3) is 0.105. The molecule has 2 N–H and O–H groups in total. The SMILES string of the molecule is Cc1cccc(C)c1NC(=O)c1cc(Nc2ccc(Cl)cc2)ncn1. The zero-order chi connectivity index (χ0) is 17.8. The minimum absolute atomic E-state index is 0.279. The van der Waals surface area contributed by atoms with Gasteiger partial charge < -0.3 is 10.6 Å². The lowest BCUT2D eigenvalue weighted by Crippen LogP contribution is -2.15. The first-order valence-corrected chi connectivity index (χ1v) is 8.13. The molecule has 0 fully saturated rings. The maximum atomic E-state index is 12.5. The summed E-state index contributed by atoms with van der Waals surface area (Å²) < 4.78 is 0. The van der Waals surface area contributed by atoms with Crippen LogP contribution in [0.25, 0.3) is 0 Å². The van der Waals surface area contributed by atoms with Crippen LogP contribution >= 0.6 is 11.6 Å². The first kappa shape index (κ1) is 16.9. The van der Waals surface area contributed by atoms with Gasteiger partial charge in [-0.3, -0.25) is 4.79 Å². The summed E-state index contributed by atoms with van der Waals surface area (Å²) in [6.45, 7) is 3.91. The van der Waals surface area contributed by atoms with E-state index in [2.05, 4.69) is 20.6 Å². The number of para-hydroxylation sites is 1. The number of benzene rings is 2. The van der Waals surface area contributed by atoms with Crippen molar-refractivity contribution in [1.82, 2.24) is 9.97 Å². The Labute approximate surface area is 151 Å². The van der Waals surface area contributed by atoms with E-state index in [4.69, 9.17) is 11.6 Å². The largest absolute Gasteiger partial charge is 0.340 e. The van der Waals surface area contributed by atoms with E-state index >= 15 is 0 Å². The number of rotatable bonds is 4. The molecular formula is C19H17ClN4O. The number of nitrogens with one attached hydrogen (secondary N) is 2. The Kier molecular flexibility index (Phi) is 4.95. The zero-order valence-corrected chi connectivity index (χ0v) is 14.6. The second kappa shape index (κ2) is 7.32. The number of halogens is 1. The van der Waals surface area contributed by atoms with Crippen LogP contribution in [0.5, 0.6) is 0 Å². The van der Waals surface area contributed by atoms with Crippen molar-refractivity contribution < 1.29 is 4.79 Å². The van der Waals surface area contributed by atoms with Crippen LogP contribution in [0, 0.1) is 13.8 Å². The van der Waals surface area contributed by atoms with Crippen LogP contribution in [0.2, 0.25) is 5.02 Å². The molecule has 2 aromatic carbocycles. The van der Waals surface area contributed by atoms with Crippen molar-refractivity contribution in [1.29, 1.82) is 0 Å². The quantitative estimate of drug-likeness (QED) is 0.711. The molecule has 0 spiro atoms. The first-order valence-electron chi connectivity index (χ1n) is 7.75. The number of hydrogen-bond donors (Lipinski definition) is 2. The van der Waals surface area contributed by atoms with Gasteiger partial charge in [0.1, 0.15) is 17.8 Å². The summed E-state index contributed by atoms with van der Waals surface area (Å²) in [6.07, 6.45) is 1.36. The van der Waals surface area contributed by atoms with E-state index in [1.54, 1.807) is 18.2 Å². The summed E-state index contributed by atoms with van der Waals surface area (Å²) in [5.74, 6) is 0.253. The molecule has 0 bridgehead atoms. The molecule has 0 saturated carbocycles. The Morgan fingerprint density at radius 1 is 1.00 bits per heavy atom. The van der Waals surface area contributed by atoms with E-state index < -0.39 is 0 Å². The molecule has 0 saturated heterocycles. The van der Waals surface area contributed by atoms with E-state index in [1.165, 1.54) is 6.33 Å². The number of amides is 1. The molecule has 0 aliphatic heterocycles. The molecule has 0 radical (unpaired) electrons. The number of carbonyl (C=O) groups is 1. The van der Waals surface area contributed by atoms with Gasteiger partial charge in [-0.15, -0.1) is 0 Å². The third kappa shape index (κ3) is 4.14. The van der Waals surface area contributed by atoms with Gasteiger partial charge in [0.2, 0.25) is 0 Å². The van der Waals surface area contributed by atoms with E-state index in [0.717, 1.165) is 22.5 Å². The van der Waals surface area contributed by atoms with Gasteiger partial charge in [0.25, 0.3) is 5.91 Å². The molecule has 126 valence electrons. The lowest BCUT2D eigenvalue weighted by molar-refractivity contribution is 0.102. The Bertz CT molecular complexity index is 889. The summed E-state index contributed by atoms with van der Waals surface area (Å²) in [5, 5.41) is 6.70.